The fourth-order valence-corrected chi connectivity index (χ4v) is 5.86. The van der Waals surface area contributed by atoms with Gasteiger partial charge in [0, 0.05) is 5.92 Å². The third-order valence-corrected chi connectivity index (χ3v) is 6.88. The lowest BCUT2D eigenvalue weighted by Gasteiger charge is -2.51. The van der Waals surface area contributed by atoms with E-state index in [0.717, 1.165) is 23.7 Å². The van der Waals surface area contributed by atoms with Crippen molar-refractivity contribution in [3.8, 4) is 0 Å². The smallest absolute Gasteiger partial charge is 0.00490 e. The zero-order valence-electron chi connectivity index (χ0n) is 12.8. The Morgan fingerprint density at radius 1 is 1.20 bits per heavy atom. The van der Waals surface area contributed by atoms with Crippen LogP contribution in [0.2, 0.25) is 0 Å². The van der Waals surface area contributed by atoms with Gasteiger partial charge in [0.1, 0.15) is 0 Å². The van der Waals surface area contributed by atoms with Gasteiger partial charge in [-0.2, -0.15) is 0 Å². The first kappa shape index (κ1) is 12.7. The molecule has 2 fully saturated rings. The summed E-state index contributed by atoms with van der Waals surface area (Å²) in [7, 11) is 0. The van der Waals surface area contributed by atoms with Crippen molar-refractivity contribution in [3.63, 3.8) is 0 Å². The first-order chi connectivity index (χ1) is 9.74. The van der Waals surface area contributed by atoms with E-state index in [1.165, 1.54) is 32.1 Å². The maximum Gasteiger partial charge on any atom is 0.00490 e. The second kappa shape index (κ2) is 4.48. The highest BCUT2D eigenvalue weighted by Gasteiger charge is 2.52. The Bertz CT molecular complexity index is 530. The average molecular weight is 266 g/mol. The van der Waals surface area contributed by atoms with Gasteiger partial charge in [-0.15, -0.1) is 0 Å². The lowest BCUT2D eigenvalue weighted by molar-refractivity contribution is 0.0422. The topological polar surface area (TPSA) is 0 Å². The number of rotatable bonds is 0. The Morgan fingerprint density at radius 3 is 2.95 bits per heavy atom. The predicted octanol–water partition coefficient (Wildman–Crippen LogP) is 5.45. The summed E-state index contributed by atoms with van der Waals surface area (Å²) < 4.78 is 0. The number of allylic oxidation sites excluding steroid dienone is 8. The third kappa shape index (κ3) is 1.60. The van der Waals surface area contributed by atoms with E-state index in [2.05, 4.69) is 50.3 Å². The minimum absolute atomic E-state index is 0.523. The molecule has 0 unspecified atom stereocenters. The van der Waals surface area contributed by atoms with Crippen molar-refractivity contribution in [1.82, 2.24) is 0 Å². The van der Waals surface area contributed by atoms with Crippen molar-refractivity contribution < 1.29 is 0 Å². The van der Waals surface area contributed by atoms with Gasteiger partial charge in [0.25, 0.3) is 0 Å². The van der Waals surface area contributed by atoms with Gasteiger partial charge in [-0.3, -0.25) is 0 Å². The third-order valence-electron chi connectivity index (χ3n) is 6.88. The Kier molecular flexibility index (Phi) is 2.84. The largest absolute Gasteiger partial charge is 0.0879 e. The molecule has 4 rings (SSSR count). The van der Waals surface area contributed by atoms with Crippen LogP contribution in [0.5, 0.6) is 0 Å². The van der Waals surface area contributed by atoms with Crippen LogP contribution in [-0.2, 0) is 0 Å². The summed E-state index contributed by atoms with van der Waals surface area (Å²) in [5.41, 5.74) is 3.88. The van der Waals surface area contributed by atoms with Crippen LogP contribution in [0, 0.1) is 29.1 Å². The maximum absolute atomic E-state index is 2.56. The molecule has 0 spiro atoms. The highest BCUT2D eigenvalue weighted by atomic mass is 14.6. The number of hydrogen-bond donors (Lipinski definition) is 0. The van der Waals surface area contributed by atoms with Crippen LogP contribution in [0.3, 0.4) is 0 Å². The van der Waals surface area contributed by atoms with E-state index in [1.54, 1.807) is 11.1 Å². The molecular weight excluding hydrogens is 240 g/mol. The van der Waals surface area contributed by atoms with E-state index >= 15 is 0 Å². The summed E-state index contributed by atoms with van der Waals surface area (Å²) in [6.07, 6.45) is 21.2. The van der Waals surface area contributed by atoms with E-state index < -0.39 is 0 Å². The average Bonchev–Trinajstić information content (AvgIpc) is 2.83. The van der Waals surface area contributed by atoms with Crippen LogP contribution in [0.4, 0.5) is 0 Å². The van der Waals surface area contributed by atoms with Gasteiger partial charge in [0.05, 0.1) is 0 Å². The van der Waals surface area contributed by atoms with Gasteiger partial charge in [-0.05, 0) is 67.8 Å². The SMILES string of the molecule is C/C=C1/CC[C@H]2[C@@H]3CC=C4C=CC=C[C@@H]4[C@H]3CC[C@]12C. The molecule has 20 heavy (non-hydrogen) atoms. The molecule has 0 amide bonds. The summed E-state index contributed by atoms with van der Waals surface area (Å²) in [5.74, 6) is 3.49. The van der Waals surface area contributed by atoms with Crippen molar-refractivity contribution >= 4 is 0 Å². The van der Waals surface area contributed by atoms with Gasteiger partial charge in [0.2, 0.25) is 0 Å². The monoisotopic (exact) mass is 266 g/mol. The molecule has 0 aromatic rings. The molecule has 0 N–H and O–H groups in total. The minimum Gasteiger partial charge on any atom is -0.0879 e. The summed E-state index contributed by atoms with van der Waals surface area (Å²) in [4.78, 5) is 0. The Hall–Kier alpha value is -1.04. The first-order valence-electron chi connectivity index (χ1n) is 8.44. The van der Waals surface area contributed by atoms with E-state index in [4.69, 9.17) is 0 Å². The van der Waals surface area contributed by atoms with Crippen molar-refractivity contribution in [2.75, 3.05) is 0 Å². The van der Waals surface area contributed by atoms with Crippen LogP contribution in [0.25, 0.3) is 0 Å². The molecule has 0 heteroatoms. The molecule has 0 aromatic heterocycles. The molecule has 0 saturated heterocycles. The van der Waals surface area contributed by atoms with Crippen LogP contribution in [-0.4, -0.2) is 0 Å². The van der Waals surface area contributed by atoms with Gasteiger partial charge >= 0.3 is 0 Å². The molecule has 5 atom stereocenters. The molecule has 4 aliphatic carbocycles. The quantitative estimate of drug-likeness (QED) is 0.512. The zero-order valence-corrected chi connectivity index (χ0v) is 12.8. The van der Waals surface area contributed by atoms with E-state index in [9.17, 15) is 0 Å². The maximum atomic E-state index is 2.56. The van der Waals surface area contributed by atoms with E-state index in [-0.39, 0.29) is 0 Å². The highest BCUT2D eigenvalue weighted by molar-refractivity contribution is 5.37. The molecule has 0 heterocycles. The highest BCUT2D eigenvalue weighted by Crippen LogP contribution is 2.62. The molecule has 2 saturated carbocycles. The Balaban J connectivity index is 1.69. The molecule has 0 aliphatic heterocycles. The van der Waals surface area contributed by atoms with Crippen molar-refractivity contribution in [3.05, 3.63) is 47.6 Å². The van der Waals surface area contributed by atoms with Gasteiger partial charge in [0.15, 0.2) is 0 Å². The summed E-state index contributed by atoms with van der Waals surface area (Å²) in [5, 5.41) is 0. The van der Waals surface area contributed by atoms with Gasteiger partial charge < -0.3 is 0 Å². The fraction of sp³-hybridized carbons (Fsp3) is 0.600. The molecule has 4 aliphatic rings. The first-order valence-corrected chi connectivity index (χ1v) is 8.44. The second-order valence-corrected chi connectivity index (χ2v) is 7.45. The molecule has 0 bridgehead atoms. The lowest BCUT2D eigenvalue weighted by atomic mass is 9.53. The van der Waals surface area contributed by atoms with Crippen molar-refractivity contribution in [2.24, 2.45) is 29.1 Å². The zero-order chi connectivity index (χ0) is 13.7. The molecule has 0 aromatic carbocycles. The molecule has 106 valence electrons. The Morgan fingerprint density at radius 2 is 2.10 bits per heavy atom. The predicted molar refractivity (Wildman–Crippen MR) is 85.3 cm³/mol. The van der Waals surface area contributed by atoms with Crippen molar-refractivity contribution in [2.45, 2.75) is 46.0 Å². The van der Waals surface area contributed by atoms with Crippen LogP contribution in [0.15, 0.2) is 47.6 Å². The van der Waals surface area contributed by atoms with Crippen molar-refractivity contribution in [1.29, 1.82) is 0 Å². The standard InChI is InChI=1S/C20H26/c1-3-15-9-11-19-18-10-8-14-6-4-5-7-16(14)17(18)12-13-20(15,19)2/h3-8,16-19H,9-13H2,1-2H3/b15-3-/t16-,17+,18+,19-,20+/m0/s1. The van der Waals surface area contributed by atoms with E-state index in [0.29, 0.717) is 5.41 Å². The summed E-state index contributed by atoms with van der Waals surface area (Å²) >= 11 is 0. The van der Waals surface area contributed by atoms with Gasteiger partial charge in [-0.1, -0.05) is 49.0 Å². The summed E-state index contributed by atoms with van der Waals surface area (Å²) in [6.45, 7) is 4.81. The normalized spacial score (nSPS) is 47.7. The number of hydrogen-bond acceptors (Lipinski definition) is 0. The molecular formula is C20H26. The van der Waals surface area contributed by atoms with Crippen LogP contribution in [0.1, 0.15) is 46.0 Å². The minimum atomic E-state index is 0.523. The molecule has 0 radical (unpaired) electrons. The lowest BCUT2D eigenvalue weighted by Crippen LogP contribution is -2.43. The van der Waals surface area contributed by atoms with Gasteiger partial charge in [-0.25, -0.2) is 0 Å². The summed E-state index contributed by atoms with van der Waals surface area (Å²) in [6, 6.07) is 0. The second-order valence-electron chi connectivity index (χ2n) is 7.45. The van der Waals surface area contributed by atoms with E-state index in [1.807, 2.05) is 0 Å². The molecule has 0 nitrogen and oxygen atoms in total. The van der Waals surface area contributed by atoms with Crippen LogP contribution >= 0.6 is 0 Å². The Labute approximate surface area is 123 Å². The van der Waals surface area contributed by atoms with Crippen LogP contribution < -0.4 is 0 Å². The number of fused-ring (bicyclic) bond motifs is 5. The fourth-order valence-electron chi connectivity index (χ4n) is 5.86.